The van der Waals surface area contributed by atoms with Crippen LogP contribution < -0.4 is 10.5 Å². The molecule has 0 radical (unpaired) electrons. The Balaban J connectivity index is 1.66. The Morgan fingerprint density at radius 2 is 1.68 bits per heavy atom. The molecule has 22 heavy (non-hydrogen) atoms. The fourth-order valence-electron chi connectivity index (χ4n) is 2.50. The molecule has 2 amide bonds. The van der Waals surface area contributed by atoms with Crippen molar-refractivity contribution in [3.63, 3.8) is 0 Å². The average Bonchev–Trinajstić information content (AvgIpc) is 2.55. The first-order valence-corrected chi connectivity index (χ1v) is 7.07. The number of rotatable bonds is 2. The second-order valence-electron chi connectivity index (χ2n) is 5.20. The van der Waals surface area contributed by atoms with Crippen LogP contribution in [0.5, 0.6) is 5.75 Å². The third kappa shape index (κ3) is 2.93. The number of hydrogen-bond donors (Lipinski definition) is 1. The van der Waals surface area contributed by atoms with Gasteiger partial charge in [0, 0.05) is 18.7 Å². The van der Waals surface area contributed by atoms with Crippen molar-refractivity contribution in [2.24, 2.45) is 5.73 Å². The van der Waals surface area contributed by atoms with Crippen molar-refractivity contribution in [2.75, 3.05) is 6.54 Å². The zero-order chi connectivity index (χ0) is 15.5. The molecule has 1 aliphatic rings. The highest BCUT2D eigenvalue weighted by atomic mass is 16.6. The maximum absolute atomic E-state index is 12.2. The van der Waals surface area contributed by atoms with Crippen LogP contribution in [-0.2, 0) is 13.0 Å². The standard InChI is InChI=1S/C17H16N2O3/c18-16(20)13-5-7-15(8-6-13)22-17(21)19-10-9-12-3-1-2-4-14(12)11-19/h1-8H,9-11H2,(H2,18,20). The van der Waals surface area contributed by atoms with Gasteiger partial charge in [-0.2, -0.15) is 0 Å². The van der Waals surface area contributed by atoms with Gasteiger partial charge in [0.25, 0.3) is 0 Å². The lowest BCUT2D eigenvalue weighted by Gasteiger charge is -2.27. The third-order valence-electron chi connectivity index (χ3n) is 3.73. The lowest BCUT2D eigenvalue weighted by atomic mass is 10.0. The van der Waals surface area contributed by atoms with Gasteiger partial charge in [-0.15, -0.1) is 0 Å². The van der Waals surface area contributed by atoms with E-state index >= 15 is 0 Å². The zero-order valence-electron chi connectivity index (χ0n) is 12.0. The number of nitrogens with two attached hydrogens (primary N) is 1. The van der Waals surface area contributed by atoms with Crippen molar-refractivity contribution in [1.82, 2.24) is 4.90 Å². The van der Waals surface area contributed by atoms with Gasteiger partial charge in [0.2, 0.25) is 5.91 Å². The molecule has 0 aliphatic carbocycles. The third-order valence-corrected chi connectivity index (χ3v) is 3.73. The minimum atomic E-state index is -0.509. The first-order chi connectivity index (χ1) is 10.6. The van der Waals surface area contributed by atoms with E-state index in [4.69, 9.17) is 10.5 Å². The molecule has 2 aromatic rings. The normalized spacial score (nSPS) is 13.4. The minimum absolute atomic E-state index is 0.381. The lowest BCUT2D eigenvalue weighted by molar-refractivity contribution is 0.100. The largest absolute Gasteiger partial charge is 0.415 e. The topological polar surface area (TPSA) is 72.6 Å². The molecule has 5 nitrogen and oxygen atoms in total. The highest BCUT2D eigenvalue weighted by molar-refractivity contribution is 5.92. The molecule has 5 heteroatoms. The van der Waals surface area contributed by atoms with E-state index in [0.29, 0.717) is 24.4 Å². The predicted octanol–water partition coefficient (Wildman–Crippen LogP) is 2.34. The van der Waals surface area contributed by atoms with Crippen LogP contribution in [0.2, 0.25) is 0 Å². The lowest BCUT2D eigenvalue weighted by Crippen LogP contribution is -2.37. The molecule has 112 valence electrons. The first-order valence-electron chi connectivity index (χ1n) is 7.07. The summed E-state index contributed by atoms with van der Waals surface area (Å²) in [6, 6.07) is 14.3. The Bertz CT molecular complexity index is 710. The quantitative estimate of drug-likeness (QED) is 0.924. The van der Waals surface area contributed by atoms with Gasteiger partial charge in [-0.3, -0.25) is 4.79 Å². The number of benzene rings is 2. The Kier molecular flexibility index (Phi) is 3.78. The smallest absolute Gasteiger partial charge is 0.410 e. The van der Waals surface area contributed by atoms with Gasteiger partial charge >= 0.3 is 6.09 Å². The highest BCUT2D eigenvalue weighted by Crippen LogP contribution is 2.20. The fourth-order valence-corrected chi connectivity index (χ4v) is 2.50. The summed E-state index contributed by atoms with van der Waals surface area (Å²) in [5, 5.41) is 0. The van der Waals surface area contributed by atoms with Gasteiger partial charge in [-0.25, -0.2) is 4.79 Å². The maximum atomic E-state index is 12.2. The van der Waals surface area contributed by atoms with Crippen LogP contribution in [0.25, 0.3) is 0 Å². The molecule has 0 spiro atoms. The second kappa shape index (κ2) is 5.89. The van der Waals surface area contributed by atoms with Crippen LogP contribution in [0.4, 0.5) is 4.79 Å². The number of primary amides is 1. The summed E-state index contributed by atoms with van der Waals surface area (Å²) in [4.78, 5) is 24.9. The number of carbonyl (C=O) groups excluding carboxylic acids is 2. The Hall–Kier alpha value is -2.82. The number of amides is 2. The summed E-state index contributed by atoms with van der Waals surface area (Å²) in [7, 11) is 0. The summed E-state index contributed by atoms with van der Waals surface area (Å²) in [5.74, 6) is -0.112. The summed E-state index contributed by atoms with van der Waals surface area (Å²) >= 11 is 0. The van der Waals surface area contributed by atoms with E-state index in [1.54, 1.807) is 17.0 Å². The molecule has 0 aromatic heterocycles. The van der Waals surface area contributed by atoms with Crippen LogP contribution in [0.15, 0.2) is 48.5 Å². The summed E-state index contributed by atoms with van der Waals surface area (Å²) in [5.41, 5.74) is 7.98. The Morgan fingerprint density at radius 3 is 2.36 bits per heavy atom. The summed E-state index contributed by atoms with van der Waals surface area (Å²) < 4.78 is 5.34. The minimum Gasteiger partial charge on any atom is -0.410 e. The molecule has 3 rings (SSSR count). The molecule has 0 fully saturated rings. The van der Waals surface area contributed by atoms with E-state index in [1.165, 1.54) is 17.7 Å². The number of nitrogens with zero attached hydrogens (tertiary/aromatic N) is 1. The average molecular weight is 296 g/mol. The van der Waals surface area contributed by atoms with Gasteiger partial charge in [0.1, 0.15) is 5.75 Å². The van der Waals surface area contributed by atoms with E-state index in [1.807, 2.05) is 18.2 Å². The van der Waals surface area contributed by atoms with Crippen molar-refractivity contribution < 1.29 is 14.3 Å². The molecule has 0 bridgehead atoms. The van der Waals surface area contributed by atoms with Gasteiger partial charge in [-0.05, 0) is 41.8 Å². The molecule has 0 unspecified atom stereocenters. The molecule has 2 aromatic carbocycles. The van der Waals surface area contributed by atoms with Gasteiger partial charge < -0.3 is 15.4 Å². The van der Waals surface area contributed by atoms with Crippen molar-refractivity contribution in [1.29, 1.82) is 0 Å². The predicted molar refractivity (Wildman–Crippen MR) is 81.5 cm³/mol. The fraction of sp³-hybridized carbons (Fsp3) is 0.176. The second-order valence-corrected chi connectivity index (χ2v) is 5.20. The van der Waals surface area contributed by atoms with E-state index in [9.17, 15) is 9.59 Å². The van der Waals surface area contributed by atoms with Gasteiger partial charge in [0.15, 0.2) is 0 Å². The van der Waals surface area contributed by atoms with Gasteiger partial charge in [-0.1, -0.05) is 24.3 Å². The zero-order valence-corrected chi connectivity index (χ0v) is 12.0. The van der Waals surface area contributed by atoms with E-state index in [0.717, 1.165) is 12.0 Å². The summed E-state index contributed by atoms with van der Waals surface area (Å²) in [6.07, 6.45) is 0.438. The monoisotopic (exact) mass is 296 g/mol. The van der Waals surface area contributed by atoms with Crippen molar-refractivity contribution >= 4 is 12.0 Å². The number of hydrogen-bond acceptors (Lipinski definition) is 3. The van der Waals surface area contributed by atoms with Crippen LogP contribution in [0, 0.1) is 0 Å². The Morgan fingerprint density at radius 1 is 1.00 bits per heavy atom. The number of ether oxygens (including phenoxy) is 1. The molecule has 0 atom stereocenters. The van der Waals surface area contributed by atoms with Crippen LogP contribution in [0.1, 0.15) is 21.5 Å². The van der Waals surface area contributed by atoms with E-state index in [2.05, 4.69) is 6.07 Å². The SMILES string of the molecule is NC(=O)c1ccc(OC(=O)N2CCc3ccccc3C2)cc1. The molecular weight excluding hydrogens is 280 g/mol. The molecule has 1 aliphatic heterocycles. The molecule has 0 saturated carbocycles. The maximum Gasteiger partial charge on any atom is 0.415 e. The Labute approximate surface area is 128 Å². The van der Waals surface area contributed by atoms with Crippen LogP contribution >= 0.6 is 0 Å². The van der Waals surface area contributed by atoms with Crippen molar-refractivity contribution in [2.45, 2.75) is 13.0 Å². The van der Waals surface area contributed by atoms with Crippen molar-refractivity contribution in [3.8, 4) is 5.75 Å². The van der Waals surface area contributed by atoms with E-state index < -0.39 is 5.91 Å². The van der Waals surface area contributed by atoms with Crippen molar-refractivity contribution in [3.05, 3.63) is 65.2 Å². The van der Waals surface area contributed by atoms with Gasteiger partial charge in [0.05, 0.1) is 0 Å². The number of carbonyl (C=O) groups is 2. The van der Waals surface area contributed by atoms with Crippen LogP contribution in [-0.4, -0.2) is 23.4 Å². The number of fused-ring (bicyclic) bond motifs is 1. The van der Waals surface area contributed by atoms with Crippen LogP contribution in [0.3, 0.4) is 0 Å². The first kappa shape index (κ1) is 14.1. The molecular formula is C17H16N2O3. The highest BCUT2D eigenvalue weighted by Gasteiger charge is 2.21. The van der Waals surface area contributed by atoms with E-state index in [-0.39, 0.29) is 6.09 Å². The molecule has 1 heterocycles. The summed E-state index contributed by atoms with van der Waals surface area (Å²) in [6.45, 7) is 1.18. The molecule has 0 saturated heterocycles. The molecule has 2 N–H and O–H groups in total.